The van der Waals surface area contributed by atoms with E-state index >= 15 is 0 Å². The van der Waals surface area contributed by atoms with Crippen LogP contribution in [0.5, 0.6) is 0 Å². The van der Waals surface area contributed by atoms with Gasteiger partial charge in [0.15, 0.2) is 6.29 Å². The second kappa shape index (κ2) is 4.59. The molecule has 0 unspecified atom stereocenters. The molecule has 4 heteroatoms. The molecular weight excluding hydrogens is 226 g/mol. The first-order chi connectivity index (χ1) is 7.33. The van der Waals surface area contributed by atoms with Crippen LogP contribution in [0.2, 0.25) is 0 Å². The molecule has 0 aliphatic carbocycles. The summed E-state index contributed by atoms with van der Waals surface area (Å²) in [5, 5.41) is 2.66. The van der Waals surface area contributed by atoms with Crippen molar-refractivity contribution < 1.29 is 4.79 Å². The first-order valence-corrected chi connectivity index (χ1v) is 6.49. The maximum Gasteiger partial charge on any atom is 0.169 e. The van der Waals surface area contributed by atoms with E-state index in [2.05, 4.69) is 17.1 Å². The predicted molar refractivity (Wildman–Crippen MR) is 64.7 cm³/mol. The van der Waals surface area contributed by atoms with Gasteiger partial charge in [0.05, 0.1) is 0 Å². The minimum Gasteiger partial charge on any atom is -0.296 e. The molecule has 0 spiro atoms. The molecular formula is C11H9NOS2. The highest BCUT2D eigenvalue weighted by Gasteiger charge is 2.03. The zero-order valence-electron chi connectivity index (χ0n) is 8.14. The number of aromatic nitrogens is 1. The van der Waals surface area contributed by atoms with Crippen LogP contribution in [0.25, 0.3) is 10.6 Å². The summed E-state index contributed by atoms with van der Waals surface area (Å²) in [6.45, 7) is 0. The number of hydrogen-bond acceptors (Lipinski definition) is 4. The zero-order chi connectivity index (χ0) is 10.7. The highest BCUT2D eigenvalue weighted by molar-refractivity contribution is 7.98. The molecule has 0 saturated heterocycles. The molecule has 76 valence electrons. The van der Waals surface area contributed by atoms with E-state index < -0.39 is 0 Å². The molecule has 0 aliphatic rings. The van der Waals surface area contributed by atoms with E-state index in [0.717, 1.165) is 16.9 Å². The molecule has 0 aliphatic heterocycles. The van der Waals surface area contributed by atoms with Gasteiger partial charge in [-0.3, -0.25) is 4.79 Å². The highest BCUT2D eigenvalue weighted by atomic mass is 32.2. The van der Waals surface area contributed by atoms with Crippen molar-refractivity contribution >= 4 is 29.4 Å². The number of rotatable bonds is 3. The lowest BCUT2D eigenvalue weighted by Gasteiger charge is -1.97. The van der Waals surface area contributed by atoms with Crippen LogP contribution in [0.15, 0.2) is 34.5 Å². The average molecular weight is 235 g/mol. The molecule has 0 atom stereocenters. The predicted octanol–water partition coefficient (Wildman–Crippen LogP) is 3.34. The number of carbonyl (C=O) groups is 1. The van der Waals surface area contributed by atoms with Crippen molar-refractivity contribution in [1.29, 1.82) is 0 Å². The topological polar surface area (TPSA) is 30.0 Å². The van der Waals surface area contributed by atoms with Crippen LogP contribution in [0.4, 0.5) is 0 Å². The summed E-state index contributed by atoms with van der Waals surface area (Å²) < 4.78 is 0. The number of hydrogen-bond donors (Lipinski definition) is 0. The van der Waals surface area contributed by atoms with Gasteiger partial charge in [0.25, 0.3) is 0 Å². The third kappa shape index (κ3) is 2.27. The minimum atomic E-state index is 0.504. The molecule has 0 saturated carbocycles. The molecule has 0 fully saturated rings. The molecule has 0 amide bonds. The van der Waals surface area contributed by atoms with E-state index in [1.807, 2.05) is 18.4 Å². The second-order valence-corrected chi connectivity index (χ2v) is 4.66. The third-order valence-corrected chi connectivity index (χ3v) is 3.63. The molecule has 2 rings (SSSR count). The van der Waals surface area contributed by atoms with Gasteiger partial charge in [-0.25, -0.2) is 4.98 Å². The summed E-state index contributed by atoms with van der Waals surface area (Å²) in [4.78, 5) is 15.9. The van der Waals surface area contributed by atoms with Crippen molar-refractivity contribution in [3.63, 3.8) is 0 Å². The van der Waals surface area contributed by atoms with Gasteiger partial charge in [-0.1, -0.05) is 12.1 Å². The fourth-order valence-corrected chi connectivity index (χ4v) is 2.39. The summed E-state index contributed by atoms with van der Waals surface area (Å²) >= 11 is 3.20. The number of thioether (sulfide) groups is 1. The Hall–Kier alpha value is -1.13. The highest BCUT2D eigenvalue weighted by Crippen LogP contribution is 2.25. The van der Waals surface area contributed by atoms with Gasteiger partial charge < -0.3 is 0 Å². The van der Waals surface area contributed by atoms with E-state index in [0.29, 0.717) is 5.69 Å². The molecule has 2 nitrogen and oxygen atoms in total. The number of nitrogens with zero attached hydrogens (tertiary/aromatic N) is 1. The fourth-order valence-electron chi connectivity index (χ4n) is 1.21. The van der Waals surface area contributed by atoms with Gasteiger partial charge >= 0.3 is 0 Å². The summed E-state index contributed by atoms with van der Waals surface area (Å²) in [5.74, 6) is 0. The molecule has 0 radical (unpaired) electrons. The summed E-state index contributed by atoms with van der Waals surface area (Å²) in [7, 11) is 0. The van der Waals surface area contributed by atoms with Crippen LogP contribution in [0.3, 0.4) is 0 Å². The largest absolute Gasteiger partial charge is 0.296 e. The molecule has 1 aromatic heterocycles. The van der Waals surface area contributed by atoms with Crippen molar-refractivity contribution in [3.05, 3.63) is 35.3 Å². The lowest BCUT2D eigenvalue weighted by Crippen LogP contribution is -1.80. The molecule has 2 aromatic rings. The first kappa shape index (κ1) is 10.4. The Morgan fingerprint density at radius 3 is 2.60 bits per heavy atom. The van der Waals surface area contributed by atoms with E-state index in [9.17, 15) is 4.79 Å². The Morgan fingerprint density at radius 2 is 2.07 bits per heavy atom. The van der Waals surface area contributed by atoms with Crippen LogP contribution in [0, 0.1) is 0 Å². The monoisotopic (exact) mass is 235 g/mol. The Kier molecular flexibility index (Phi) is 3.18. The van der Waals surface area contributed by atoms with Gasteiger partial charge in [-0.2, -0.15) is 0 Å². The van der Waals surface area contributed by atoms with Gasteiger partial charge in [0, 0.05) is 15.8 Å². The van der Waals surface area contributed by atoms with Crippen LogP contribution >= 0.6 is 23.1 Å². The quantitative estimate of drug-likeness (QED) is 0.603. The van der Waals surface area contributed by atoms with E-state index in [1.165, 1.54) is 16.2 Å². The third-order valence-electron chi connectivity index (χ3n) is 1.98. The number of aldehydes is 1. The molecule has 1 aromatic carbocycles. The normalized spacial score (nSPS) is 10.2. The van der Waals surface area contributed by atoms with Crippen LogP contribution < -0.4 is 0 Å². The number of thiazole rings is 1. The Labute approximate surface area is 96.4 Å². The van der Waals surface area contributed by atoms with Crippen molar-refractivity contribution in [2.75, 3.05) is 6.26 Å². The maximum absolute atomic E-state index is 10.5. The van der Waals surface area contributed by atoms with E-state index in [4.69, 9.17) is 0 Å². The maximum atomic E-state index is 10.5. The smallest absolute Gasteiger partial charge is 0.169 e. The first-order valence-electron chi connectivity index (χ1n) is 4.38. The van der Waals surface area contributed by atoms with Gasteiger partial charge in [0.1, 0.15) is 10.7 Å². The molecule has 0 bridgehead atoms. The summed E-state index contributed by atoms with van der Waals surface area (Å²) in [6, 6.07) is 8.17. The van der Waals surface area contributed by atoms with Crippen molar-refractivity contribution in [1.82, 2.24) is 4.98 Å². The van der Waals surface area contributed by atoms with E-state index in [1.54, 1.807) is 17.1 Å². The van der Waals surface area contributed by atoms with Crippen molar-refractivity contribution in [2.45, 2.75) is 4.90 Å². The van der Waals surface area contributed by atoms with Crippen LogP contribution in [-0.4, -0.2) is 17.5 Å². The number of benzene rings is 1. The molecule has 0 N–H and O–H groups in total. The number of carbonyl (C=O) groups excluding carboxylic acids is 1. The Morgan fingerprint density at radius 1 is 1.33 bits per heavy atom. The van der Waals surface area contributed by atoms with E-state index in [-0.39, 0.29) is 0 Å². The summed E-state index contributed by atoms with van der Waals surface area (Å²) in [5.41, 5.74) is 1.56. The molecule has 15 heavy (non-hydrogen) atoms. The van der Waals surface area contributed by atoms with Crippen LogP contribution in [0.1, 0.15) is 10.5 Å². The standard InChI is InChI=1S/C11H9NOS2/c1-14-10-4-2-8(3-5-10)11-12-9(6-13)7-15-11/h2-7H,1H3. The second-order valence-electron chi connectivity index (χ2n) is 2.92. The summed E-state index contributed by atoms with van der Waals surface area (Å²) in [6.07, 6.45) is 2.82. The fraction of sp³-hybridized carbons (Fsp3) is 0.0909. The average Bonchev–Trinajstić information content (AvgIpc) is 2.78. The SMILES string of the molecule is CSc1ccc(-c2nc(C=O)cs2)cc1. The van der Waals surface area contributed by atoms with Gasteiger partial charge in [-0.15, -0.1) is 23.1 Å². The van der Waals surface area contributed by atoms with Gasteiger partial charge in [0.2, 0.25) is 0 Å². The molecule has 1 heterocycles. The van der Waals surface area contributed by atoms with Crippen molar-refractivity contribution in [2.24, 2.45) is 0 Å². The van der Waals surface area contributed by atoms with Gasteiger partial charge in [-0.05, 0) is 18.4 Å². The lowest BCUT2D eigenvalue weighted by molar-refractivity contribution is 0.111. The minimum absolute atomic E-state index is 0.504. The Bertz CT molecular complexity index is 462. The Balaban J connectivity index is 2.32. The van der Waals surface area contributed by atoms with Crippen LogP contribution in [-0.2, 0) is 0 Å². The lowest BCUT2D eigenvalue weighted by atomic mass is 10.2. The zero-order valence-corrected chi connectivity index (χ0v) is 9.77. The van der Waals surface area contributed by atoms with Crippen molar-refractivity contribution in [3.8, 4) is 10.6 Å².